The number of aromatic nitrogens is 2. The molecule has 4 heteroatoms. The highest BCUT2D eigenvalue weighted by Crippen LogP contribution is 2.25. The van der Waals surface area contributed by atoms with Crippen LogP contribution in [-0.4, -0.2) is 23.4 Å². The first kappa shape index (κ1) is 16.2. The van der Waals surface area contributed by atoms with E-state index in [2.05, 4.69) is 63.6 Å². The standard InChI is InChI=1S/C17H24BrN3/c1-4-15-17(18)16(21(3)20-15)11-14(12-19-2)10-13-8-6-5-7-9-13/h5-9,14,19H,4,10-12H2,1-3H3. The second-order valence-corrected chi connectivity index (χ2v) is 6.30. The van der Waals surface area contributed by atoms with Crippen LogP contribution in [0.2, 0.25) is 0 Å². The van der Waals surface area contributed by atoms with E-state index in [1.807, 2.05) is 18.8 Å². The van der Waals surface area contributed by atoms with Crippen molar-refractivity contribution in [1.82, 2.24) is 15.1 Å². The van der Waals surface area contributed by atoms with Crippen LogP contribution in [0, 0.1) is 5.92 Å². The Morgan fingerprint density at radius 3 is 2.52 bits per heavy atom. The fraction of sp³-hybridized carbons (Fsp3) is 0.471. The summed E-state index contributed by atoms with van der Waals surface area (Å²) in [6, 6.07) is 10.7. The highest BCUT2D eigenvalue weighted by atomic mass is 79.9. The second-order valence-electron chi connectivity index (χ2n) is 5.50. The van der Waals surface area contributed by atoms with Crippen LogP contribution in [0.5, 0.6) is 0 Å². The Morgan fingerprint density at radius 2 is 1.95 bits per heavy atom. The van der Waals surface area contributed by atoms with E-state index in [0.717, 1.165) is 31.5 Å². The molecule has 0 fully saturated rings. The highest BCUT2D eigenvalue weighted by Gasteiger charge is 2.17. The predicted octanol–water partition coefficient (Wildman–Crippen LogP) is 3.37. The minimum absolute atomic E-state index is 0.564. The quantitative estimate of drug-likeness (QED) is 0.830. The topological polar surface area (TPSA) is 29.9 Å². The van der Waals surface area contributed by atoms with Gasteiger partial charge >= 0.3 is 0 Å². The largest absolute Gasteiger partial charge is 0.319 e. The van der Waals surface area contributed by atoms with Crippen molar-refractivity contribution in [2.24, 2.45) is 13.0 Å². The number of hydrogen-bond donors (Lipinski definition) is 1. The fourth-order valence-corrected chi connectivity index (χ4v) is 3.55. The fourth-order valence-electron chi connectivity index (χ4n) is 2.77. The van der Waals surface area contributed by atoms with E-state index in [4.69, 9.17) is 0 Å². The molecule has 21 heavy (non-hydrogen) atoms. The lowest BCUT2D eigenvalue weighted by Crippen LogP contribution is -2.23. The van der Waals surface area contributed by atoms with Crippen LogP contribution in [0.1, 0.15) is 23.9 Å². The summed E-state index contributed by atoms with van der Waals surface area (Å²) in [4.78, 5) is 0. The van der Waals surface area contributed by atoms with Crippen LogP contribution < -0.4 is 5.32 Å². The molecule has 0 aliphatic heterocycles. The number of hydrogen-bond acceptors (Lipinski definition) is 2. The third kappa shape index (κ3) is 4.17. The molecule has 0 aliphatic carbocycles. The van der Waals surface area contributed by atoms with E-state index in [-0.39, 0.29) is 0 Å². The maximum absolute atomic E-state index is 4.60. The summed E-state index contributed by atoms with van der Waals surface area (Å²) in [5.74, 6) is 0.564. The summed E-state index contributed by atoms with van der Waals surface area (Å²) in [5, 5.41) is 7.92. The van der Waals surface area contributed by atoms with Gasteiger partial charge in [-0.05, 0) is 60.3 Å². The maximum atomic E-state index is 4.60. The maximum Gasteiger partial charge on any atom is 0.0766 e. The van der Waals surface area contributed by atoms with Crippen LogP contribution in [-0.2, 0) is 26.3 Å². The Kier molecular flexibility index (Phi) is 6.00. The molecule has 0 aliphatic rings. The molecular formula is C17H24BrN3. The Balaban J connectivity index is 2.14. The molecule has 3 nitrogen and oxygen atoms in total. The number of aryl methyl sites for hydroxylation is 2. The molecule has 2 aromatic rings. The monoisotopic (exact) mass is 349 g/mol. The molecular weight excluding hydrogens is 326 g/mol. The van der Waals surface area contributed by atoms with Crippen molar-refractivity contribution in [3.63, 3.8) is 0 Å². The average molecular weight is 350 g/mol. The van der Waals surface area contributed by atoms with Crippen molar-refractivity contribution < 1.29 is 0 Å². The Morgan fingerprint density at radius 1 is 1.24 bits per heavy atom. The summed E-state index contributed by atoms with van der Waals surface area (Å²) in [5.41, 5.74) is 3.84. The van der Waals surface area contributed by atoms with Crippen LogP contribution >= 0.6 is 15.9 Å². The molecule has 1 aromatic heterocycles. The molecule has 1 heterocycles. The summed E-state index contributed by atoms with van der Waals surface area (Å²) < 4.78 is 3.21. The van der Waals surface area contributed by atoms with Gasteiger partial charge in [-0.1, -0.05) is 37.3 Å². The molecule has 0 radical (unpaired) electrons. The van der Waals surface area contributed by atoms with E-state index >= 15 is 0 Å². The highest BCUT2D eigenvalue weighted by molar-refractivity contribution is 9.10. The smallest absolute Gasteiger partial charge is 0.0766 e. The number of nitrogens with one attached hydrogen (secondary N) is 1. The summed E-state index contributed by atoms with van der Waals surface area (Å²) in [6.45, 7) is 3.15. The Hall–Kier alpha value is -1.13. The second kappa shape index (κ2) is 7.76. The Bertz CT molecular complexity index is 563. The van der Waals surface area contributed by atoms with Gasteiger partial charge in [-0.15, -0.1) is 0 Å². The molecule has 0 saturated carbocycles. The third-order valence-electron chi connectivity index (χ3n) is 3.84. The van der Waals surface area contributed by atoms with Crippen molar-refractivity contribution in [2.45, 2.75) is 26.2 Å². The molecule has 0 bridgehead atoms. The zero-order valence-electron chi connectivity index (χ0n) is 13.1. The molecule has 1 N–H and O–H groups in total. The number of nitrogens with zero attached hydrogens (tertiary/aromatic N) is 2. The van der Waals surface area contributed by atoms with Gasteiger partial charge in [0, 0.05) is 7.05 Å². The molecule has 1 atom stereocenters. The van der Waals surface area contributed by atoms with Crippen molar-refractivity contribution in [2.75, 3.05) is 13.6 Å². The molecule has 2 rings (SSSR count). The molecule has 0 saturated heterocycles. The molecule has 0 spiro atoms. The van der Waals surface area contributed by atoms with Gasteiger partial charge in [-0.2, -0.15) is 5.10 Å². The van der Waals surface area contributed by atoms with Crippen LogP contribution in [0.15, 0.2) is 34.8 Å². The minimum atomic E-state index is 0.564. The first-order valence-electron chi connectivity index (χ1n) is 7.54. The number of benzene rings is 1. The van der Waals surface area contributed by atoms with Gasteiger partial charge in [0.2, 0.25) is 0 Å². The number of halogens is 1. The van der Waals surface area contributed by atoms with Crippen LogP contribution in [0.4, 0.5) is 0 Å². The zero-order chi connectivity index (χ0) is 15.2. The van der Waals surface area contributed by atoms with E-state index in [1.165, 1.54) is 15.7 Å². The van der Waals surface area contributed by atoms with Crippen molar-refractivity contribution in [1.29, 1.82) is 0 Å². The average Bonchev–Trinajstić information content (AvgIpc) is 2.76. The molecule has 1 aromatic carbocycles. The van der Waals surface area contributed by atoms with Crippen molar-refractivity contribution in [3.8, 4) is 0 Å². The van der Waals surface area contributed by atoms with E-state index < -0.39 is 0 Å². The van der Waals surface area contributed by atoms with Crippen molar-refractivity contribution >= 4 is 15.9 Å². The lowest BCUT2D eigenvalue weighted by Gasteiger charge is -2.17. The first-order valence-corrected chi connectivity index (χ1v) is 8.33. The number of rotatable bonds is 7. The van der Waals surface area contributed by atoms with Gasteiger partial charge in [-0.3, -0.25) is 4.68 Å². The van der Waals surface area contributed by atoms with E-state index in [1.54, 1.807) is 0 Å². The minimum Gasteiger partial charge on any atom is -0.319 e. The summed E-state index contributed by atoms with van der Waals surface area (Å²) in [7, 11) is 4.06. The van der Waals surface area contributed by atoms with Crippen LogP contribution in [0.25, 0.3) is 0 Å². The summed E-state index contributed by atoms with van der Waals surface area (Å²) >= 11 is 3.72. The predicted molar refractivity (Wildman–Crippen MR) is 91.6 cm³/mol. The van der Waals surface area contributed by atoms with Gasteiger partial charge in [-0.25, -0.2) is 0 Å². The van der Waals surface area contributed by atoms with E-state index in [0.29, 0.717) is 5.92 Å². The van der Waals surface area contributed by atoms with E-state index in [9.17, 15) is 0 Å². The van der Waals surface area contributed by atoms with Crippen LogP contribution in [0.3, 0.4) is 0 Å². The molecule has 0 amide bonds. The molecule has 114 valence electrons. The van der Waals surface area contributed by atoms with Gasteiger partial charge < -0.3 is 5.32 Å². The zero-order valence-corrected chi connectivity index (χ0v) is 14.7. The van der Waals surface area contributed by atoms with Crippen molar-refractivity contribution in [3.05, 3.63) is 51.8 Å². The van der Waals surface area contributed by atoms with Gasteiger partial charge in [0.15, 0.2) is 0 Å². The lowest BCUT2D eigenvalue weighted by molar-refractivity contribution is 0.476. The SMILES string of the molecule is CCc1nn(C)c(CC(CNC)Cc2ccccc2)c1Br. The summed E-state index contributed by atoms with van der Waals surface area (Å²) in [6.07, 6.45) is 3.07. The Labute approximate surface area is 135 Å². The van der Waals surface area contributed by atoms with Gasteiger partial charge in [0.05, 0.1) is 15.9 Å². The first-order chi connectivity index (χ1) is 10.2. The van der Waals surface area contributed by atoms with Gasteiger partial charge in [0.25, 0.3) is 0 Å². The normalized spacial score (nSPS) is 12.6. The molecule has 1 unspecified atom stereocenters. The lowest BCUT2D eigenvalue weighted by atomic mass is 9.94. The third-order valence-corrected chi connectivity index (χ3v) is 4.76. The van der Waals surface area contributed by atoms with Gasteiger partial charge in [0.1, 0.15) is 0 Å².